The summed E-state index contributed by atoms with van der Waals surface area (Å²) >= 11 is 6.53. The summed E-state index contributed by atoms with van der Waals surface area (Å²) in [6.07, 6.45) is 0.158. The highest BCUT2D eigenvalue weighted by molar-refractivity contribution is 9.11. The average Bonchev–Trinajstić information content (AvgIpc) is 2.51. The predicted molar refractivity (Wildman–Crippen MR) is 69.9 cm³/mol. The van der Waals surface area contributed by atoms with Gasteiger partial charge in [0.2, 0.25) is 0 Å². The van der Waals surface area contributed by atoms with Gasteiger partial charge in [0.1, 0.15) is 14.8 Å². The number of aliphatic hydroxyl groups excluding tert-OH is 1. The number of aromatic nitrogens is 2. The Bertz CT molecular complexity index is 405. The Hall–Kier alpha value is -0.400. The van der Waals surface area contributed by atoms with E-state index in [2.05, 4.69) is 37.0 Å². The number of hydrogen-bond acceptors (Lipinski definition) is 4. The maximum atomic E-state index is 11.7. The van der Waals surface area contributed by atoms with Gasteiger partial charge in [-0.3, -0.25) is 4.68 Å². The number of aryl methyl sites for hydroxylation is 1. The Morgan fingerprint density at radius 1 is 1.59 bits per heavy atom. The molecule has 0 amide bonds. The van der Waals surface area contributed by atoms with Crippen molar-refractivity contribution in [3.8, 4) is 0 Å². The minimum absolute atomic E-state index is 0.316. The van der Waals surface area contributed by atoms with E-state index in [0.29, 0.717) is 34.3 Å². The number of nitrogens with zero attached hydrogens (tertiary/aromatic N) is 2. The topological polar surface area (TPSA) is 64.3 Å². The van der Waals surface area contributed by atoms with Crippen molar-refractivity contribution in [3.05, 3.63) is 14.8 Å². The Morgan fingerprint density at radius 3 is 2.76 bits per heavy atom. The smallest absolute Gasteiger partial charge is 0.343 e. The quantitative estimate of drug-likeness (QED) is 0.809. The molecule has 0 aliphatic heterocycles. The monoisotopic (exact) mass is 368 g/mol. The molecular formula is C10H14Br2N2O3. The van der Waals surface area contributed by atoms with E-state index < -0.39 is 12.1 Å². The average molecular weight is 370 g/mol. The third-order valence-corrected chi connectivity index (χ3v) is 3.45. The van der Waals surface area contributed by atoms with Gasteiger partial charge in [-0.1, -0.05) is 0 Å². The molecule has 0 aliphatic rings. The van der Waals surface area contributed by atoms with Gasteiger partial charge in [-0.25, -0.2) is 4.79 Å². The zero-order chi connectivity index (χ0) is 13.0. The third-order valence-electron chi connectivity index (χ3n) is 2.09. The first-order valence-corrected chi connectivity index (χ1v) is 6.83. The molecule has 0 fully saturated rings. The highest BCUT2D eigenvalue weighted by atomic mass is 79.9. The summed E-state index contributed by atoms with van der Waals surface area (Å²) in [6, 6.07) is 0. The second-order valence-electron chi connectivity index (χ2n) is 3.54. The summed E-state index contributed by atoms with van der Waals surface area (Å²) < 4.78 is 7.54. The third kappa shape index (κ3) is 3.79. The summed E-state index contributed by atoms with van der Waals surface area (Å²) in [5.41, 5.74) is 0.373. The first-order chi connectivity index (χ1) is 7.97. The maximum Gasteiger partial charge on any atom is 0.343 e. The molecule has 5 nitrogen and oxygen atoms in total. The molecule has 0 saturated carbocycles. The number of aliphatic hydroxyl groups is 1. The van der Waals surface area contributed by atoms with Crippen LogP contribution in [0.3, 0.4) is 0 Å². The Balaban J connectivity index is 2.89. The van der Waals surface area contributed by atoms with Gasteiger partial charge in [0.25, 0.3) is 0 Å². The normalized spacial score (nSPS) is 12.5. The predicted octanol–water partition coefficient (Wildman–Crippen LogP) is 2.36. The van der Waals surface area contributed by atoms with Gasteiger partial charge in [-0.05, 0) is 52.1 Å². The zero-order valence-corrected chi connectivity index (χ0v) is 12.8. The molecule has 0 radical (unpaired) electrons. The standard InChI is InChI=1S/C10H14Br2N2O3/c1-3-17-10(16)7-8(11)13-14(9(7)12)5-4-6(2)15/h6,15H,3-5H2,1-2H3/t6-/m0/s1. The van der Waals surface area contributed by atoms with Crippen molar-refractivity contribution in [1.82, 2.24) is 9.78 Å². The molecule has 1 N–H and O–H groups in total. The number of carbonyl (C=O) groups excluding carboxylic acids is 1. The Labute approximate surface area is 116 Å². The number of ether oxygens (including phenoxy) is 1. The lowest BCUT2D eigenvalue weighted by molar-refractivity contribution is 0.0524. The number of hydrogen-bond donors (Lipinski definition) is 1. The van der Waals surface area contributed by atoms with E-state index in [1.807, 2.05) is 0 Å². The van der Waals surface area contributed by atoms with Crippen LogP contribution < -0.4 is 0 Å². The van der Waals surface area contributed by atoms with Crippen LogP contribution in [-0.4, -0.2) is 33.6 Å². The van der Waals surface area contributed by atoms with Crippen LogP contribution >= 0.6 is 31.9 Å². The van der Waals surface area contributed by atoms with Crippen LogP contribution in [0.15, 0.2) is 9.21 Å². The molecule has 1 heterocycles. The van der Waals surface area contributed by atoms with Crippen molar-refractivity contribution in [3.63, 3.8) is 0 Å². The molecule has 0 saturated heterocycles. The van der Waals surface area contributed by atoms with Crippen molar-refractivity contribution < 1.29 is 14.6 Å². The van der Waals surface area contributed by atoms with Crippen molar-refractivity contribution in [2.45, 2.75) is 32.9 Å². The van der Waals surface area contributed by atoms with E-state index in [1.54, 1.807) is 18.5 Å². The molecule has 1 aromatic rings. The fourth-order valence-corrected chi connectivity index (χ4v) is 2.66. The van der Waals surface area contributed by atoms with E-state index in [1.165, 1.54) is 0 Å². The summed E-state index contributed by atoms with van der Waals surface area (Å²) in [7, 11) is 0. The SMILES string of the molecule is CCOC(=O)c1c(Br)nn(CC[C@H](C)O)c1Br. The first kappa shape index (κ1) is 14.7. The van der Waals surface area contributed by atoms with Crippen LogP contribution in [0, 0.1) is 0 Å². The number of carbonyl (C=O) groups is 1. The van der Waals surface area contributed by atoms with E-state index >= 15 is 0 Å². The van der Waals surface area contributed by atoms with Crippen LogP contribution in [-0.2, 0) is 11.3 Å². The molecule has 0 aliphatic carbocycles. The molecule has 1 rings (SSSR count). The second kappa shape index (κ2) is 6.51. The fraction of sp³-hybridized carbons (Fsp3) is 0.600. The maximum absolute atomic E-state index is 11.7. The fourth-order valence-electron chi connectivity index (χ4n) is 1.24. The van der Waals surface area contributed by atoms with Crippen LogP contribution in [0.2, 0.25) is 0 Å². The molecule has 17 heavy (non-hydrogen) atoms. The largest absolute Gasteiger partial charge is 0.462 e. The van der Waals surface area contributed by atoms with Gasteiger partial charge in [0.05, 0.1) is 12.7 Å². The van der Waals surface area contributed by atoms with Gasteiger partial charge >= 0.3 is 5.97 Å². The highest BCUT2D eigenvalue weighted by Crippen LogP contribution is 2.26. The van der Waals surface area contributed by atoms with Gasteiger partial charge in [0, 0.05) is 6.54 Å². The summed E-state index contributed by atoms with van der Waals surface area (Å²) in [5.74, 6) is -0.422. The molecule has 1 atom stereocenters. The lowest BCUT2D eigenvalue weighted by Gasteiger charge is -2.05. The van der Waals surface area contributed by atoms with Gasteiger partial charge in [-0.15, -0.1) is 0 Å². The molecule has 7 heteroatoms. The van der Waals surface area contributed by atoms with Crippen LogP contribution in [0.5, 0.6) is 0 Å². The molecule has 0 spiro atoms. The summed E-state index contributed by atoms with van der Waals surface area (Å²) in [6.45, 7) is 4.29. The second-order valence-corrected chi connectivity index (χ2v) is 5.04. The van der Waals surface area contributed by atoms with Crippen molar-refractivity contribution in [2.24, 2.45) is 0 Å². The van der Waals surface area contributed by atoms with Gasteiger partial charge in [-0.2, -0.15) is 5.10 Å². The summed E-state index contributed by atoms with van der Waals surface area (Å²) in [5, 5.41) is 13.4. The van der Waals surface area contributed by atoms with Crippen LogP contribution in [0.4, 0.5) is 0 Å². The summed E-state index contributed by atoms with van der Waals surface area (Å²) in [4.78, 5) is 11.7. The number of esters is 1. The lowest BCUT2D eigenvalue weighted by Crippen LogP contribution is -2.09. The van der Waals surface area contributed by atoms with E-state index in [4.69, 9.17) is 4.74 Å². The van der Waals surface area contributed by atoms with E-state index in [9.17, 15) is 9.90 Å². The van der Waals surface area contributed by atoms with Crippen molar-refractivity contribution >= 4 is 37.8 Å². The minimum Gasteiger partial charge on any atom is -0.462 e. The molecular weight excluding hydrogens is 356 g/mol. The van der Waals surface area contributed by atoms with Crippen LogP contribution in [0.1, 0.15) is 30.6 Å². The number of rotatable bonds is 5. The molecule has 0 aromatic carbocycles. The van der Waals surface area contributed by atoms with Crippen molar-refractivity contribution in [2.75, 3.05) is 6.61 Å². The molecule has 1 aromatic heterocycles. The van der Waals surface area contributed by atoms with E-state index in [0.717, 1.165) is 0 Å². The first-order valence-electron chi connectivity index (χ1n) is 5.24. The van der Waals surface area contributed by atoms with E-state index in [-0.39, 0.29) is 0 Å². The minimum atomic E-state index is -0.422. The van der Waals surface area contributed by atoms with Gasteiger partial charge in [0.15, 0.2) is 0 Å². The molecule has 0 bridgehead atoms. The van der Waals surface area contributed by atoms with Crippen molar-refractivity contribution in [1.29, 1.82) is 0 Å². The van der Waals surface area contributed by atoms with Crippen LogP contribution in [0.25, 0.3) is 0 Å². The highest BCUT2D eigenvalue weighted by Gasteiger charge is 2.21. The zero-order valence-electron chi connectivity index (χ0n) is 9.61. The molecule has 0 unspecified atom stereocenters. The number of halogens is 2. The Morgan fingerprint density at radius 2 is 2.24 bits per heavy atom. The molecule has 96 valence electrons. The van der Waals surface area contributed by atoms with Gasteiger partial charge < -0.3 is 9.84 Å². The lowest BCUT2D eigenvalue weighted by atomic mass is 10.3. The Kier molecular flexibility index (Phi) is 5.61.